The van der Waals surface area contributed by atoms with Crippen molar-refractivity contribution in [3.05, 3.63) is 59.2 Å². The fourth-order valence-electron chi connectivity index (χ4n) is 4.53. The van der Waals surface area contributed by atoms with Crippen LogP contribution in [0.2, 0.25) is 0 Å². The van der Waals surface area contributed by atoms with Gasteiger partial charge in [0.25, 0.3) is 0 Å². The van der Waals surface area contributed by atoms with E-state index in [0.29, 0.717) is 49.1 Å². The molecule has 0 spiro atoms. The molecule has 1 aliphatic carbocycles. The third-order valence-corrected chi connectivity index (χ3v) is 6.18. The molecule has 0 radical (unpaired) electrons. The molecule has 0 bridgehead atoms. The maximum atomic E-state index is 12.6. The first-order valence-electron chi connectivity index (χ1n) is 11.0. The first-order valence-corrected chi connectivity index (χ1v) is 11.0. The molecule has 33 heavy (non-hydrogen) atoms. The van der Waals surface area contributed by atoms with Crippen molar-refractivity contribution in [1.82, 2.24) is 15.2 Å². The maximum absolute atomic E-state index is 12.6. The second kappa shape index (κ2) is 8.82. The number of hydrogen-bond acceptors (Lipinski definition) is 7. The predicted octanol–water partition coefficient (Wildman–Crippen LogP) is 2.26. The van der Waals surface area contributed by atoms with Crippen LogP contribution in [0.25, 0.3) is 11.5 Å². The minimum absolute atomic E-state index is 0.164. The molecule has 1 saturated heterocycles. The molecular formula is C24H23N5O4. The maximum Gasteiger partial charge on any atom is 0.312 e. The van der Waals surface area contributed by atoms with Gasteiger partial charge in [-0.25, -0.2) is 4.98 Å². The second-order valence-corrected chi connectivity index (χ2v) is 8.10. The molecule has 5 rings (SSSR count). The summed E-state index contributed by atoms with van der Waals surface area (Å²) in [6.07, 6.45) is 5.84. The standard InChI is InChI=1S/C24H23N5O4/c25-14-19-17-5-1-6-18(17)21(20-7-3-13-33-20)27-22(19)28-8-10-29(11-9-28)24(31)23(30)26-15-16-4-2-12-32-16/h2-4,7,12-13H,1,5-6,8-11,15H2,(H,26,30). The number of hydrogen-bond donors (Lipinski definition) is 1. The summed E-state index contributed by atoms with van der Waals surface area (Å²) in [6.45, 7) is 1.86. The van der Waals surface area contributed by atoms with Gasteiger partial charge in [-0.15, -0.1) is 0 Å². The normalized spacial score (nSPS) is 15.2. The Labute approximate surface area is 190 Å². The van der Waals surface area contributed by atoms with E-state index in [1.54, 1.807) is 18.4 Å². The zero-order valence-electron chi connectivity index (χ0n) is 18.0. The van der Waals surface area contributed by atoms with Crippen LogP contribution in [0, 0.1) is 11.3 Å². The lowest BCUT2D eigenvalue weighted by atomic mass is 10.0. The third-order valence-electron chi connectivity index (χ3n) is 6.18. The zero-order valence-corrected chi connectivity index (χ0v) is 18.0. The number of nitrogens with zero attached hydrogens (tertiary/aromatic N) is 4. The largest absolute Gasteiger partial charge is 0.467 e. The Morgan fingerprint density at radius 1 is 1.06 bits per heavy atom. The van der Waals surface area contributed by atoms with E-state index in [4.69, 9.17) is 13.8 Å². The summed E-state index contributed by atoms with van der Waals surface area (Å²) in [6, 6.07) is 9.53. The molecule has 2 amide bonds. The van der Waals surface area contributed by atoms with Crippen LogP contribution in [-0.2, 0) is 29.0 Å². The van der Waals surface area contributed by atoms with Crippen molar-refractivity contribution < 1.29 is 18.4 Å². The number of fused-ring (bicyclic) bond motifs is 1. The van der Waals surface area contributed by atoms with Gasteiger partial charge in [-0.1, -0.05) is 0 Å². The summed E-state index contributed by atoms with van der Waals surface area (Å²) in [4.78, 5) is 33.3. The number of carbonyl (C=O) groups excluding carboxylic acids is 2. The van der Waals surface area contributed by atoms with Crippen molar-refractivity contribution in [1.29, 1.82) is 5.26 Å². The van der Waals surface area contributed by atoms with Crippen molar-refractivity contribution in [2.24, 2.45) is 0 Å². The minimum Gasteiger partial charge on any atom is -0.467 e. The molecule has 9 heteroatoms. The van der Waals surface area contributed by atoms with E-state index >= 15 is 0 Å². The quantitative estimate of drug-likeness (QED) is 0.613. The lowest BCUT2D eigenvalue weighted by Gasteiger charge is -2.35. The van der Waals surface area contributed by atoms with Crippen LogP contribution < -0.4 is 10.2 Å². The van der Waals surface area contributed by atoms with Crippen LogP contribution in [0.4, 0.5) is 5.82 Å². The highest BCUT2D eigenvalue weighted by molar-refractivity contribution is 6.35. The van der Waals surface area contributed by atoms with Crippen LogP contribution in [0.15, 0.2) is 45.6 Å². The Morgan fingerprint density at radius 3 is 2.52 bits per heavy atom. The number of aromatic nitrogens is 1. The lowest BCUT2D eigenvalue weighted by molar-refractivity contribution is -0.146. The van der Waals surface area contributed by atoms with Crippen molar-refractivity contribution in [2.45, 2.75) is 25.8 Å². The summed E-state index contributed by atoms with van der Waals surface area (Å²) >= 11 is 0. The van der Waals surface area contributed by atoms with Gasteiger partial charge in [0.1, 0.15) is 23.3 Å². The summed E-state index contributed by atoms with van der Waals surface area (Å²) in [7, 11) is 0. The molecule has 1 fully saturated rings. The summed E-state index contributed by atoms with van der Waals surface area (Å²) in [5.74, 6) is 0.674. The highest BCUT2D eigenvalue weighted by Gasteiger charge is 2.31. The van der Waals surface area contributed by atoms with Gasteiger partial charge in [-0.3, -0.25) is 9.59 Å². The van der Waals surface area contributed by atoms with Gasteiger partial charge in [0.05, 0.1) is 24.6 Å². The van der Waals surface area contributed by atoms with Crippen molar-refractivity contribution >= 4 is 17.6 Å². The molecule has 1 aliphatic heterocycles. The third kappa shape index (κ3) is 3.96. The molecule has 168 valence electrons. The number of rotatable bonds is 4. The Morgan fingerprint density at radius 2 is 1.82 bits per heavy atom. The predicted molar refractivity (Wildman–Crippen MR) is 118 cm³/mol. The van der Waals surface area contributed by atoms with Gasteiger partial charge < -0.3 is 24.0 Å². The monoisotopic (exact) mass is 445 g/mol. The van der Waals surface area contributed by atoms with Gasteiger partial charge in [0.2, 0.25) is 0 Å². The van der Waals surface area contributed by atoms with Gasteiger partial charge in [0, 0.05) is 26.2 Å². The van der Waals surface area contributed by atoms with Crippen LogP contribution in [0.1, 0.15) is 28.9 Å². The topological polar surface area (TPSA) is 116 Å². The fourth-order valence-corrected chi connectivity index (χ4v) is 4.53. The molecule has 3 aromatic heterocycles. The molecule has 1 N–H and O–H groups in total. The number of carbonyl (C=O) groups is 2. The van der Waals surface area contributed by atoms with E-state index < -0.39 is 11.8 Å². The Bertz CT molecular complexity index is 1200. The molecule has 0 aromatic carbocycles. The molecule has 3 aromatic rings. The van der Waals surface area contributed by atoms with E-state index in [0.717, 1.165) is 36.1 Å². The van der Waals surface area contributed by atoms with Crippen molar-refractivity contribution in [2.75, 3.05) is 31.1 Å². The molecular weight excluding hydrogens is 422 g/mol. The first-order chi connectivity index (χ1) is 16.2. The highest BCUT2D eigenvalue weighted by Crippen LogP contribution is 2.37. The number of nitriles is 1. The Hall–Kier alpha value is -4.06. The van der Waals surface area contributed by atoms with Crippen LogP contribution in [0.5, 0.6) is 0 Å². The Balaban J connectivity index is 1.31. The molecule has 4 heterocycles. The zero-order chi connectivity index (χ0) is 22.8. The van der Waals surface area contributed by atoms with E-state index in [2.05, 4.69) is 11.4 Å². The summed E-state index contributed by atoms with van der Waals surface area (Å²) in [5.41, 5.74) is 3.53. The fraction of sp³-hybridized carbons (Fsp3) is 0.333. The number of nitrogens with one attached hydrogen (secondary N) is 1. The van der Waals surface area contributed by atoms with Gasteiger partial charge in [-0.2, -0.15) is 5.26 Å². The molecule has 0 unspecified atom stereocenters. The summed E-state index contributed by atoms with van der Waals surface area (Å²) in [5, 5.41) is 12.5. The van der Waals surface area contributed by atoms with Crippen molar-refractivity contribution in [3.63, 3.8) is 0 Å². The van der Waals surface area contributed by atoms with E-state index in [9.17, 15) is 14.9 Å². The average Bonchev–Trinajstić information content (AvgIpc) is 3.63. The number of furan rings is 2. The molecule has 0 saturated carbocycles. The summed E-state index contributed by atoms with van der Waals surface area (Å²) < 4.78 is 10.8. The van der Waals surface area contributed by atoms with E-state index in [-0.39, 0.29) is 6.54 Å². The van der Waals surface area contributed by atoms with Crippen LogP contribution in [-0.4, -0.2) is 47.9 Å². The lowest BCUT2D eigenvalue weighted by Crippen LogP contribution is -2.53. The molecule has 2 aliphatic rings. The van der Waals surface area contributed by atoms with Crippen LogP contribution in [0.3, 0.4) is 0 Å². The first kappa shape index (κ1) is 20.8. The number of pyridine rings is 1. The van der Waals surface area contributed by atoms with Gasteiger partial charge >= 0.3 is 11.8 Å². The highest BCUT2D eigenvalue weighted by atomic mass is 16.3. The number of amides is 2. The van der Waals surface area contributed by atoms with Gasteiger partial charge in [-0.05, 0) is 54.7 Å². The smallest absolute Gasteiger partial charge is 0.312 e. The Kier molecular flexibility index (Phi) is 5.57. The van der Waals surface area contributed by atoms with Gasteiger partial charge in [0.15, 0.2) is 5.76 Å². The molecule has 9 nitrogen and oxygen atoms in total. The van der Waals surface area contributed by atoms with Crippen molar-refractivity contribution in [3.8, 4) is 17.5 Å². The number of piperazine rings is 1. The molecule has 0 atom stereocenters. The SMILES string of the molecule is N#Cc1c(N2CCN(C(=O)C(=O)NCc3ccco3)CC2)nc(-c2ccco2)c2c1CCC2. The minimum atomic E-state index is -0.659. The van der Waals surface area contributed by atoms with E-state index in [1.807, 2.05) is 17.0 Å². The van der Waals surface area contributed by atoms with Crippen LogP contribution >= 0.6 is 0 Å². The number of anilines is 1. The second-order valence-electron chi connectivity index (χ2n) is 8.10. The van der Waals surface area contributed by atoms with E-state index in [1.165, 1.54) is 11.2 Å². The average molecular weight is 445 g/mol.